The summed E-state index contributed by atoms with van der Waals surface area (Å²) < 4.78 is 1.63. The Bertz CT molecular complexity index is 1100. The van der Waals surface area contributed by atoms with E-state index in [1.807, 2.05) is 36.6 Å². The van der Waals surface area contributed by atoms with E-state index in [1.165, 1.54) is 16.2 Å². The first-order valence-electron chi connectivity index (χ1n) is 8.67. The Labute approximate surface area is 166 Å². The molecule has 28 heavy (non-hydrogen) atoms. The molecule has 0 aliphatic carbocycles. The molecule has 1 aliphatic rings. The number of rotatable bonds is 3. The Hall–Kier alpha value is -3.44. The van der Waals surface area contributed by atoms with Crippen molar-refractivity contribution in [1.29, 1.82) is 10.7 Å². The van der Waals surface area contributed by atoms with Crippen molar-refractivity contribution in [2.45, 2.75) is 18.5 Å². The number of carbonyl (C=O) groups excluding carboxylic acids is 1. The standard InChI is InChI=1S/C20H18N6OS/c1-20(16-10-15(12-28-16)14-6-3-5-13(9-14)11-21)17(26-8-4-7-23-26)18(27)25(2)19(22)24-20/h3-10,12,17H,1-2H3,(H2,22,24). The summed E-state index contributed by atoms with van der Waals surface area (Å²) in [7, 11) is 1.58. The molecule has 0 bridgehead atoms. The van der Waals surface area contributed by atoms with Crippen LogP contribution in [0, 0.1) is 16.7 Å². The Morgan fingerprint density at radius 1 is 1.32 bits per heavy atom. The molecule has 3 heterocycles. The van der Waals surface area contributed by atoms with Crippen LogP contribution in [0.1, 0.15) is 23.4 Å². The molecule has 1 fully saturated rings. The van der Waals surface area contributed by atoms with E-state index in [-0.39, 0.29) is 11.9 Å². The fourth-order valence-corrected chi connectivity index (χ4v) is 4.53. The number of hydrogen-bond donors (Lipinski definition) is 2. The Kier molecular flexibility index (Phi) is 4.24. The van der Waals surface area contributed by atoms with Gasteiger partial charge in [-0.3, -0.25) is 19.8 Å². The van der Waals surface area contributed by atoms with Crippen molar-refractivity contribution in [3.63, 3.8) is 0 Å². The van der Waals surface area contributed by atoms with Crippen LogP contribution in [-0.4, -0.2) is 33.6 Å². The topological polar surface area (TPSA) is 97.8 Å². The highest BCUT2D eigenvalue weighted by Crippen LogP contribution is 2.41. The first-order chi connectivity index (χ1) is 13.4. The molecule has 140 valence electrons. The Morgan fingerprint density at radius 3 is 2.86 bits per heavy atom. The average Bonchev–Trinajstić information content (AvgIpc) is 3.39. The molecule has 8 heteroatoms. The third-order valence-electron chi connectivity index (χ3n) is 5.05. The van der Waals surface area contributed by atoms with E-state index >= 15 is 0 Å². The molecule has 7 nitrogen and oxygen atoms in total. The van der Waals surface area contributed by atoms with Crippen LogP contribution in [0.4, 0.5) is 0 Å². The van der Waals surface area contributed by atoms with E-state index < -0.39 is 11.6 Å². The number of nitrogens with one attached hydrogen (secondary N) is 2. The van der Waals surface area contributed by atoms with Gasteiger partial charge in [-0.05, 0) is 47.7 Å². The minimum atomic E-state index is -0.831. The molecule has 2 unspecified atom stereocenters. The van der Waals surface area contributed by atoms with Gasteiger partial charge in [0.1, 0.15) is 5.54 Å². The van der Waals surface area contributed by atoms with Crippen LogP contribution < -0.4 is 5.32 Å². The number of thiophene rings is 1. The van der Waals surface area contributed by atoms with Gasteiger partial charge in [-0.1, -0.05) is 12.1 Å². The van der Waals surface area contributed by atoms with E-state index in [4.69, 9.17) is 10.7 Å². The summed E-state index contributed by atoms with van der Waals surface area (Å²) >= 11 is 1.52. The second-order valence-corrected chi connectivity index (χ2v) is 7.77. The van der Waals surface area contributed by atoms with Crippen molar-refractivity contribution < 1.29 is 4.79 Å². The van der Waals surface area contributed by atoms with Crippen LogP contribution in [0.2, 0.25) is 0 Å². The molecule has 3 aromatic rings. The fourth-order valence-electron chi connectivity index (χ4n) is 3.47. The van der Waals surface area contributed by atoms with Crippen LogP contribution in [-0.2, 0) is 10.3 Å². The first-order valence-corrected chi connectivity index (χ1v) is 9.55. The lowest BCUT2D eigenvalue weighted by Crippen LogP contribution is -2.63. The van der Waals surface area contributed by atoms with Gasteiger partial charge in [0, 0.05) is 24.3 Å². The van der Waals surface area contributed by atoms with Gasteiger partial charge in [-0.15, -0.1) is 11.3 Å². The minimum Gasteiger partial charge on any atom is -0.343 e. The number of nitrogens with zero attached hydrogens (tertiary/aromatic N) is 4. The number of amides is 1. The van der Waals surface area contributed by atoms with Crippen LogP contribution in [0.5, 0.6) is 0 Å². The fraction of sp³-hybridized carbons (Fsp3) is 0.200. The maximum absolute atomic E-state index is 13.0. The van der Waals surface area contributed by atoms with Gasteiger partial charge in [0.2, 0.25) is 0 Å². The number of benzene rings is 1. The van der Waals surface area contributed by atoms with E-state index in [9.17, 15) is 4.79 Å². The van der Waals surface area contributed by atoms with Crippen molar-refractivity contribution in [1.82, 2.24) is 20.0 Å². The second kappa shape index (κ2) is 6.62. The van der Waals surface area contributed by atoms with Gasteiger partial charge < -0.3 is 5.32 Å². The van der Waals surface area contributed by atoms with Crippen LogP contribution in [0.15, 0.2) is 54.2 Å². The van der Waals surface area contributed by atoms with Gasteiger partial charge in [0.05, 0.1) is 11.6 Å². The molecule has 0 spiro atoms. The SMILES string of the molecule is CN1C(=N)NC(C)(c2cc(-c3cccc(C#N)c3)cs2)C(n2cccn2)C1=O. The lowest BCUT2D eigenvalue weighted by molar-refractivity contribution is -0.134. The normalized spacial score (nSPS) is 22.0. The molecule has 2 aromatic heterocycles. The van der Waals surface area contributed by atoms with Gasteiger partial charge in [0.15, 0.2) is 12.0 Å². The van der Waals surface area contributed by atoms with Crippen LogP contribution in [0.25, 0.3) is 11.1 Å². The van der Waals surface area contributed by atoms with E-state index in [2.05, 4.69) is 16.5 Å². The molecular weight excluding hydrogens is 372 g/mol. The predicted molar refractivity (Wildman–Crippen MR) is 107 cm³/mol. The first kappa shape index (κ1) is 17.9. The van der Waals surface area contributed by atoms with E-state index in [0.29, 0.717) is 5.56 Å². The quantitative estimate of drug-likeness (QED) is 0.718. The molecular formula is C20H18N6OS. The maximum atomic E-state index is 13.0. The molecule has 1 saturated heterocycles. The van der Waals surface area contributed by atoms with E-state index in [0.717, 1.165) is 16.0 Å². The largest absolute Gasteiger partial charge is 0.343 e. The molecule has 4 rings (SSSR count). The number of aromatic nitrogens is 2. The van der Waals surface area contributed by atoms with Crippen molar-refractivity contribution in [2.75, 3.05) is 7.05 Å². The number of likely N-dealkylation sites (N-methyl/N-ethyl adjacent to an activating group) is 1. The highest BCUT2D eigenvalue weighted by Gasteiger charge is 2.49. The third kappa shape index (κ3) is 2.77. The molecule has 1 amide bonds. The van der Waals surface area contributed by atoms with Crippen molar-refractivity contribution in [3.8, 4) is 17.2 Å². The minimum absolute atomic E-state index is 0.0531. The van der Waals surface area contributed by atoms with Gasteiger partial charge >= 0.3 is 0 Å². The number of hydrogen-bond acceptors (Lipinski definition) is 5. The molecule has 2 N–H and O–H groups in total. The van der Waals surface area contributed by atoms with Gasteiger partial charge in [-0.25, -0.2) is 0 Å². The molecule has 2 atom stereocenters. The van der Waals surface area contributed by atoms with Crippen molar-refractivity contribution >= 4 is 23.2 Å². The summed E-state index contributed by atoms with van der Waals surface area (Å²) in [6.07, 6.45) is 3.40. The van der Waals surface area contributed by atoms with Crippen LogP contribution in [0.3, 0.4) is 0 Å². The monoisotopic (exact) mass is 390 g/mol. The summed E-state index contributed by atoms with van der Waals surface area (Å²) in [6.45, 7) is 1.92. The van der Waals surface area contributed by atoms with Gasteiger partial charge in [-0.2, -0.15) is 10.4 Å². The second-order valence-electron chi connectivity index (χ2n) is 6.85. The molecule has 1 aromatic carbocycles. The highest BCUT2D eigenvalue weighted by atomic mass is 32.1. The maximum Gasteiger partial charge on any atom is 0.256 e. The lowest BCUT2D eigenvalue weighted by Gasteiger charge is -2.44. The lowest BCUT2D eigenvalue weighted by atomic mass is 9.86. The van der Waals surface area contributed by atoms with Crippen molar-refractivity contribution in [3.05, 3.63) is 64.6 Å². The van der Waals surface area contributed by atoms with Crippen LogP contribution >= 0.6 is 11.3 Å². The molecule has 0 radical (unpaired) electrons. The van der Waals surface area contributed by atoms with E-state index in [1.54, 1.807) is 36.3 Å². The van der Waals surface area contributed by atoms with Gasteiger partial charge in [0.25, 0.3) is 5.91 Å². The third-order valence-corrected chi connectivity index (χ3v) is 6.22. The van der Waals surface area contributed by atoms with Crippen molar-refractivity contribution in [2.24, 2.45) is 0 Å². The number of carbonyl (C=O) groups is 1. The zero-order chi connectivity index (χ0) is 19.9. The Morgan fingerprint density at radius 2 is 2.14 bits per heavy atom. The zero-order valence-electron chi connectivity index (χ0n) is 15.4. The summed E-state index contributed by atoms with van der Waals surface area (Å²) in [5.74, 6) is -0.145. The summed E-state index contributed by atoms with van der Waals surface area (Å²) in [5.41, 5.74) is 1.68. The molecule has 0 saturated carbocycles. The summed E-state index contributed by atoms with van der Waals surface area (Å²) in [4.78, 5) is 15.3. The summed E-state index contributed by atoms with van der Waals surface area (Å²) in [5, 5.41) is 26.8. The number of guanidine groups is 1. The smallest absolute Gasteiger partial charge is 0.256 e. The zero-order valence-corrected chi connectivity index (χ0v) is 16.2. The summed E-state index contributed by atoms with van der Waals surface area (Å²) in [6, 6.07) is 12.7. The Balaban J connectivity index is 1.79. The highest BCUT2D eigenvalue weighted by molar-refractivity contribution is 7.10. The number of nitriles is 1. The molecule has 1 aliphatic heterocycles. The average molecular weight is 390 g/mol. The predicted octanol–water partition coefficient (Wildman–Crippen LogP) is 2.94.